The highest BCUT2D eigenvalue weighted by Crippen LogP contribution is 2.23. The van der Waals surface area contributed by atoms with Crippen LogP contribution in [0.15, 0.2) is 12.1 Å². The van der Waals surface area contributed by atoms with Crippen LogP contribution in [0, 0.1) is 12.7 Å². The van der Waals surface area contributed by atoms with Gasteiger partial charge in [-0.2, -0.15) is 9.61 Å². The molecule has 2 rings (SSSR count). The van der Waals surface area contributed by atoms with Crippen molar-refractivity contribution >= 4 is 5.52 Å². The molecule has 0 radical (unpaired) electrons. The average molecular weight is 210 g/mol. The fraction of sp³-hybridized carbons (Fsp3) is 0.300. The Labute approximate surface area is 85.9 Å². The Balaban J connectivity index is 2.87. The van der Waals surface area contributed by atoms with Gasteiger partial charge in [-0.25, -0.2) is 4.39 Å². The average Bonchev–Trinajstić information content (AvgIpc) is 2.56. The van der Waals surface area contributed by atoms with Gasteiger partial charge in [-0.3, -0.25) is 0 Å². The van der Waals surface area contributed by atoms with E-state index in [2.05, 4.69) is 5.10 Å². The molecule has 0 saturated heterocycles. The second-order valence-electron chi connectivity index (χ2n) is 3.21. The summed E-state index contributed by atoms with van der Waals surface area (Å²) in [6.45, 7) is 1.48. The number of fused-ring (bicyclic) bond motifs is 1. The number of aromatic nitrogens is 2. The first-order valence-electron chi connectivity index (χ1n) is 4.50. The Morgan fingerprint density at radius 1 is 1.53 bits per heavy atom. The van der Waals surface area contributed by atoms with Crippen LogP contribution in [0.25, 0.3) is 5.52 Å². The van der Waals surface area contributed by atoms with E-state index in [1.807, 2.05) is 0 Å². The molecule has 2 heterocycles. The maximum Gasteiger partial charge on any atom is 0.214 e. The van der Waals surface area contributed by atoms with E-state index in [0.717, 1.165) is 0 Å². The molecule has 0 fully saturated rings. The number of nitrogens with zero attached hydrogens (tertiary/aromatic N) is 2. The number of methoxy groups -OCH3 is 1. The molecule has 4 nitrogen and oxygen atoms in total. The Morgan fingerprint density at radius 2 is 2.27 bits per heavy atom. The summed E-state index contributed by atoms with van der Waals surface area (Å²) >= 11 is 0. The molecule has 0 aliphatic carbocycles. The molecule has 2 aromatic rings. The zero-order valence-electron chi connectivity index (χ0n) is 8.49. The van der Waals surface area contributed by atoms with Gasteiger partial charge in [0.1, 0.15) is 11.3 Å². The fourth-order valence-electron chi connectivity index (χ4n) is 1.60. The van der Waals surface area contributed by atoms with Crippen LogP contribution in [-0.4, -0.2) is 21.8 Å². The van der Waals surface area contributed by atoms with Gasteiger partial charge in [0, 0.05) is 11.6 Å². The number of aliphatic hydroxyl groups excluding tert-OH is 1. The summed E-state index contributed by atoms with van der Waals surface area (Å²) in [5.41, 5.74) is 1.36. The smallest absolute Gasteiger partial charge is 0.214 e. The number of halogens is 1. The molecule has 0 atom stereocenters. The van der Waals surface area contributed by atoms with Gasteiger partial charge in [0.2, 0.25) is 5.88 Å². The van der Waals surface area contributed by atoms with Crippen molar-refractivity contribution in [2.24, 2.45) is 0 Å². The Morgan fingerprint density at radius 3 is 2.87 bits per heavy atom. The first-order chi connectivity index (χ1) is 7.19. The summed E-state index contributed by atoms with van der Waals surface area (Å²) in [7, 11) is 1.49. The first kappa shape index (κ1) is 9.92. The lowest BCUT2D eigenvalue weighted by Crippen LogP contribution is -1.97. The summed E-state index contributed by atoms with van der Waals surface area (Å²) in [5.74, 6) is 0.0228. The number of hydrogen-bond donors (Lipinski definition) is 1. The fourth-order valence-corrected chi connectivity index (χ4v) is 1.60. The number of pyridine rings is 1. The van der Waals surface area contributed by atoms with Crippen LogP contribution >= 0.6 is 0 Å². The molecule has 0 spiro atoms. The standard InChI is InChI=1S/C10H11FN2O2/c1-6-7(5-14)10-8(11)3-4-9(15-2)13(10)12-6/h3-4,14H,5H2,1-2H3. The normalized spacial score (nSPS) is 10.9. The third-order valence-electron chi connectivity index (χ3n) is 2.36. The lowest BCUT2D eigenvalue weighted by Gasteiger charge is -2.03. The molecular formula is C10H11FN2O2. The summed E-state index contributed by atoms with van der Waals surface area (Å²) < 4.78 is 19.9. The highest BCUT2D eigenvalue weighted by Gasteiger charge is 2.15. The van der Waals surface area contributed by atoms with Gasteiger partial charge in [0.15, 0.2) is 0 Å². The van der Waals surface area contributed by atoms with Gasteiger partial charge in [-0.15, -0.1) is 0 Å². The maximum absolute atomic E-state index is 13.5. The Hall–Kier alpha value is -1.62. The van der Waals surface area contributed by atoms with Crippen molar-refractivity contribution in [3.05, 3.63) is 29.2 Å². The van der Waals surface area contributed by atoms with Gasteiger partial charge in [0.05, 0.1) is 19.4 Å². The van der Waals surface area contributed by atoms with Gasteiger partial charge >= 0.3 is 0 Å². The van der Waals surface area contributed by atoms with Crippen LogP contribution in [0.4, 0.5) is 4.39 Å². The van der Waals surface area contributed by atoms with Gasteiger partial charge in [-0.05, 0) is 13.0 Å². The monoisotopic (exact) mass is 210 g/mol. The van der Waals surface area contributed by atoms with Crippen LogP contribution in [0.1, 0.15) is 11.3 Å². The lowest BCUT2D eigenvalue weighted by atomic mass is 10.2. The topological polar surface area (TPSA) is 46.8 Å². The van der Waals surface area contributed by atoms with Crippen LogP contribution in [-0.2, 0) is 6.61 Å². The molecular weight excluding hydrogens is 199 g/mol. The highest BCUT2D eigenvalue weighted by molar-refractivity contribution is 5.59. The van der Waals surface area contributed by atoms with Crippen molar-refractivity contribution in [2.75, 3.05) is 7.11 Å². The molecule has 1 N–H and O–H groups in total. The molecule has 0 aliphatic heterocycles. The van der Waals surface area contributed by atoms with E-state index < -0.39 is 5.82 Å². The first-order valence-corrected chi connectivity index (χ1v) is 4.50. The molecule has 0 saturated carbocycles. The van der Waals surface area contributed by atoms with Gasteiger partial charge in [0.25, 0.3) is 0 Å². The molecule has 15 heavy (non-hydrogen) atoms. The van der Waals surface area contributed by atoms with Crippen molar-refractivity contribution in [3.63, 3.8) is 0 Å². The molecule has 0 amide bonds. The summed E-state index contributed by atoms with van der Waals surface area (Å²) in [5, 5.41) is 13.2. The van der Waals surface area contributed by atoms with Crippen LogP contribution in [0.2, 0.25) is 0 Å². The van der Waals surface area contributed by atoms with Crippen LogP contribution < -0.4 is 4.74 Å². The molecule has 80 valence electrons. The summed E-state index contributed by atoms with van der Waals surface area (Å²) in [6, 6.07) is 2.80. The van der Waals surface area contributed by atoms with Crippen molar-refractivity contribution in [3.8, 4) is 5.88 Å². The molecule has 2 aromatic heterocycles. The number of aryl methyl sites for hydroxylation is 1. The number of rotatable bonds is 2. The van der Waals surface area contributed by atoms with Crippen LogP contribution in [0.5, 0.6) is 5.88 Å². The third-order valence-corrected chi connectivity index (χ3v) is 2.36. The Bertz CT molecular complexity index is 508. The minimum Gasteiger partial charge on any atom is -0.481 e. The lowest BCUT2D eigenvalue weighted by molar-refractivity contribution is 0.282. The second kappa shape index (κ2) is 3.51. The number of aliphatic hydroxyl groups is 1. The van der Waals surface area contributed by atoms with Crippen LogP contribution in [0.3, 0.4) is 0 Å². The van der Waals surface area contributed by atoms with Crippen molar-refractivity contribution in [2.45, 2.75) is 13.5 Å². The third kappa shape index (κ3) is 1.35. The predicted octanol–water partition coefficient (Wildman–Crippen LogP) is 1.28. The van der Waals surface area contributed by atoms with Crippen molar-refractivity contribution < 1.29 is 14.2 Å². The molecule has 0 aliphatic rings. The van der Waals surface area contributed by atoms with Crippen molar-refractivity contribution in [1.29, 1.82) is 0 Å². The van der Waals surface area contributed by atoms with Gasteiger partial charge in [-0.1, -0.05) is 0 Å². The van der Waals surface area contributed by atoms with E-state index in [1.165, 1.54) is 23.8 Å². The summed E-state index contributed by atoms with van der Waals surface area (Å²) in [6.07, 6.45) is 0. The molecule has 0 unspecified atom stereocenters. The zero-order valence-corrected chi connectivity index (χ0v) is 8.49. The van der Waals surface area contributed by atoms with E-state index >= 15 is 0 Å². The number of hydrogen-bond acceptors (Lipinski definition) is 3. The van der Waals surface area contributed by atoms with Crippen molar-refractivity contribution in [1.82, 2.24) is 9.61 Å². The molecule has 0 aromatic carbocycles. The predicted molar refractivity (Wildman–Crippen MR) is 52.4 cm³/mol. The van der Waals surface area contributed by atoms with E-state index in [-0.39, 0.29) is 12.1 Å². The van der Waals surface area contributed by atoms with E-state index in [1.54, 1.807) is 6.92 Å². The van der Waals surface area contributed by atoms with E-state index in [4.69, 9.17) is 9.84 Å². The second-order valence-corrected chi connectivity index (χ2v) is 3.21. The maximum atomic E-state index is 13.5. The zero-order chi connectivity index (χ0) is 11.0. The van der Waals surface area contributed by atoms with Gasteiger partial charge < -0.3 is 9.84 Å². The Kier molecular flexibility index (Phi) is 2.32. The summed E-state index contributed by atoms with van der Waals surface area (Å²) in [4.78, 5) is 0. The van der Waals surface area contributed by atoms with E-state index in [9.17, 15) is 4.39 Å². The minimum absolute atomic E-state index is 0.237. The minimum atomic E-state index is -0.416. The quantitative estimate of drug-likeness (QED) is 0.812. The highest BCUT2D eigenvalue weighted by atomic mass is 19.1. The molecule has 0 bridgehead atoms. The largest absolute Gasteiger partial charge is 0.481 e. The van der Waals surface area contributed by atoms with E-state index in [0.29, 0.717) is 17.1 Å². The SMILES string of the molecule is COc1ccc(F)c2c(CO)c(C)nn12. The molecule has 5 heteroatoms. The number of ether oxygens (including phenoxy) is 1.